The molecule has 17 heavy (non-hydrogen) atoms. The van der Waals surface area contributed by atoms with Gasteiger partial charge in [-0.3, -0.25) is 5.43 Å². The molecule has 86 valence electrons. The van der Waals surface area contributed by atoms with Crippen LogP contribution in [0.3, 0.4) is 0 Å². The highest BCUT2D eigenvalue weighted by molar-refractivity contribution is 6.36. The summed E-state index contributed by atoms with van der Waals surface area (Å²) in [5.74, 6) is 0. The van der Waals surface area contributed by atoms with E-state index >= 15 is 0 Å². The Morgan fingerprint density at radius 2 is 1.76 bits per heavy atom. The van der Waals surface area contributed by atoms with Gasteiger partial charge in [0.15, 0.2) is 0 Å². The van der Waals surface area contributed by atoms with Crippen molar-refractivity contribution >= 4 is 35.1 Å². The second kappa shape index (κ2) is 5.71. The number of anilines is 1. The lowest BCUT2D eigenvalue weighted by atomic mass is 10.2. The first kappa shape index (κ1) is 12.0. The fraction of sp³-hybridized carbons (Fsp3) is 0. The van der Waals surface area contributed by atoms with Crippen LogP contribution in [0.1, 0.15) is 5.56 Å². The minimum atomic E-state index is 0.544. The summed E-state index contributed by atoms with van der Waals surface area (Å²) in [7, 11) is 0. The van der Waals surface area contributed by atoms with Crippen molar-refractivity contribution in [1.82, 2.24) is 0 Å². The molecule has 2 aromatic carbocycles. The van der Waals surface area contributed by atoms with Crippen LogP contribution >= 0.6 is 23.2 Å². The van der Waals surface area contributed by atoms with Gasteiger partial charge in [-0.05, 0) is 23.8 Å². The summed E-state index contributed by atoms with van der Waals surface area (Å²) in [5, 5.41) is 5.25. The quantitative estimate of drug-likeness (QED) is 0.644. The van der Waals surface area contributed by atoms with E-state index in [4.69, 9.17) is 23.2 Å². The molecule has 0 amide bonds. The molecule has 4 heteroatoms. The van der Waals surface area contributed by atoms with E-state index in [0.717, 1.165) is 11.3 Å². The zero-order valence-corrected chi connectivity index (χ0v) is 10.4. The van der Waals surface area contributed by atoms with E-state index in [1.54, 1.807) is 24.4 Å². The molecule has 2 nitrogen and oxygen atoms in total. The molecule has 0 saturated carbocycles. The third-order valence-electron chi connectivity index (χ3n) is 2.13. The van der Waals surface area contributed by atoms with Crippen molar-refractivity contribution in [2.24, 2.45) is 5.10 Å². The lowest BCUT2D eigenvalue weighted by Gasteiger charge is -2.02. The second-order valence-electron chi connectivity index (χ2n) is 3.40. The Morgan fingerprint density at radius 1 is 1.00 bits per heavy atom. The molecule has 0 aliphatic heterocycles. The maximum Gasteiger partial charge on any atom is 0.0749 e. The molecule has 0 aromatic heterocycles. The van der Waals surface area contributed by atoms with Gasteiger partial charge in [-0.2, -0.15) is 5.10 Å². The van der Waals surface area contributed by atoms with Gasteiger partial charge in [-0.15, -0.1) is 0 Å². The van der Waals surface area contributed by atoms with E-state index in [1.165, 1.54) is 0 Å². The predicted molar refractivity (Wildman–Crippen MR) is 74.1 cm³/mol. The fourth-order valence-electron chi connectivity index (χ4n) is 1.30. The zero-order chi connectivity index (χ0) is 12.1. The highest BCUT2D eigenvalue weighted by Gasteiger charge is 1.98. The van der Waals surface area contributed by atoms with E-state index in [-0.39, 0.29) is 0 Å². The molecule has 0 bridgehead atoms. The number of rotatable bonds is 3. The molecule has 0 saturated heterocycles. The molecule has 0 spiro atoms. The number of hydrazone groups is 1. The van der Waals surface area contributed by atoms with Gasteiger partial charge in [0.05, 0.1) is 16.9 Å². The Morgan fingerprint density at radius 3 is 2.47 bits per heavy atom. The molecular formula is C13H10Cl2N2. The van der Waals surface area contributed by atoms with Gasteiger partial charge in [-0.25, -0.2) is 0 Å². The van der Waals surface area contributed by atoms with Crippen LogP contribution in [0.4, 0.5) is 5.69 Å². The number of hydrogen-bond donors (Lipinski definition) is 1. The summed E-state index contributed by atoms with van der Waals surface area (Å²) in [5.41, 5.74) is 4.61. The van der Waals surface area contributed by atoms with Crippen LogP contribution in [-0.4, -0.2) is 6.21 Å². The fourth-order valence-corrected chi connectivity index (χ4v) is 1.75. The topological polar surface area (TPSA) is 24.4 Å². The molecule has 0 aliphatic carbocycles. The predicted octanol–water partition coefficient (Wildman–Crippen LogP) is 4.44. The number of nitrogens with zero attached hydrogens (tertiary/aromatic N) is 1. The number of hydrogen-bond acceptors (Lipinski definition) is 2. The maximum atomic E-state index is 5.99. The van der Waals surface area contributed by atoms with Gasteiger partial charge in [0.2, 0.25) is 0 Å². The van der Waals surface area contributed by atoms with Gasteiger partial charge in [0.25, 0.3) is 0 Å². The van der Waals surface area contributed by atoms with E-state index in [0.29, 0.717) is 10.0 Å². The summed E-state index contributed by atoms with van der Waals surface area (Å²) in [6, 6.07) is 15.0. The van der Waals surface area contributed by atoms with Gasteiger partial charge in [-0.1, -0.05) is 53.5 Å². The molecule has 0 heterocycles. The first-order valence-corrected chi connectivity index (χ1v) is 5.80. The Hall–Kier alpha value is -1.51. The largest absolute Gasteiger partial charge is 0.277 e. The normalized spacial score (nSPS) is 10.7. The summed E-state index contributed by atoms with van der Waals surface area (Å²) in [4.78, 5) is 0. The van der Waals surface area contributed by atoms with Crippen LogP contribution in [-0.2, 0) is 0 Å². The van der Waals surface area contributed by atoms with Gasteiger partial charge < -0.3 is 0 Å². The van der Waals surface area contributed by atoms with Crippen LogP contribution in [0.15, 0.2) is 53.6 Å². The van der Waals surface area contributed by atoms with Crippen molar-refractivity contribution in [2.45, 2.75) is 0 Å². The SMILES string of the molecule is Clc1ccc(N/N=C\c2ccccc2)c(Cl)c1. The summed E-state index contributed by atoms with van der Waals surface area (Å²) in [6.45, 7) is 0. The molecule has 2 aromatic rings. The maximum absolute atomic E-state index is 5.99. The molecule has 0 aliphatic rings. The van der Waals surface area contributed by atoms with Crippen molar-refractivity contribution in [3.63, 3.8) is 0 Å². The molecular weight excluding hydrogens is 255 g/mol. The van der Waals surface area contributed by atoms with E-state index in [9.17, 15) is 0 Å². The number of halogens is 2. The minimum absolute atomic E-state index is 0.544. The molecule has 0 unspecified atom stereocenters. The van der Waals surface area contributed by atoms with Gasteiger partial charge in [0.1, 0.15) is 0 Å². The van der Waals surface area contributed by atoms with Crippen LogP contribution < -0.4 is 5.43 Å². The van der Waals surface area contributed by atoms with Crippen LogP contribution in [0.5, 0.6) is 0 Å². The van der Waals surface area contributed by atoms with Crippen molar-refractivity contribution in [3.05, 3.63) is 64.1 Å². The van der Waals surface area contributed by atoms with Crippen LogP contribution in [0, 0.1) is 0 Å². The van der Waals surface area contributed by atoms with Crippen molar-refractivity contribution < 1.29 is 0 Å². The third-order valence-corrected chi connectivity index (χ3v) is 2.68. The lowest BCUT2D eigenvalue weighted by Crippen LogP contribution is -1.91. The van der Waals surface area contributed by atoms with Gasteiger partial charge >= 0.3 is 0 Å². The third kappa shape index (κ3) is 3.48. The molecule has 0 radical (unpaired) electrons. The van der Waals surface area contributed by atoms with E-state index < -0.39 is 0 Å². The Labute approximate surface area is 110 Å². The minimum Gasteiger partial charge on any atom is -0.277 e. The lowest BCUT2D eigenvalue weighted by molar-refractivity contribution is 1.35. The average molecular weight is 265 g/mol. The van der Waals surface area contributed by atoms with Crippen molar-refractivity contribution in [1.29, 1.82) is 0 Å². The Bertz CT molecular complexity index is 524. The van der Waals surface area contributed by atoms with Gasteiger partial charge in [0, 0.05) is 5.02 Å². The summed E-state index contributed by atoms with van der Waals surface area (Å²) < 4.78 is 0. The average Bonchev–Trinajstić information content (AvgIpc) is 2.33. The van der Waals surface area contributed by atoms with Crippen molar-refractivity contribution in [3.8, 4) is 0 Å². The molecule has 0 fully saturated rings. The standard InChI is InChI=1S/C13H10Cl2N2/c14-11-6-7-13(12(15)8-11)17-16-9-10-4-2-1-3-5-10/h1-9,17H/b16-9-. The van der Waals surface area contributed by atoms with Crippen LogP contribution in [0.2, 0.25) is 10.0 Å². The summed E-state index contributed by atoms with van der Waals surface area (Å²) in [6.07, 6.45) is 1.73. The first-order chi connectivity index (χ1) is 8.25. The second-order valence-corrected chi connectivity index (χ2v) is 4.25. The first-order valence-electron chi connectivity index (χ1n) is 5.05. The van der Waals surface area contributed by atoms with E-state index in [1.807, 2.05) is 30.3 Å². The van der Waals surface area contributed by atoms with Crippen LogP contribution in [0.25, 0.3) is 0 Å². The molecule has 1 N–H and O–H groups in total. The zero-order valence-electron chi connectivity index (χ0n) is 8.90. The number of benzene rings is 2. The monoisotopic (exact) mass is 264 g/mol. The Balaban J connectivity index is 2.05. The highest BCUT2D eigenvalue weighted by atomic mass is 35.5. The highest BCUT2D eigenvalue weighted by Crippen LogP contribution is 2.25. The number of nitrogens with one attached hydrogen (secondary N) is 1. The summed E-state index contributed by atoms with van der Waals surface area (Å²) >= 11 is 11.8. The smallest absolute Gasteiger partial charge is 0.0749 e. The molecule has 2 rings (SSSR count). The van der Waals surface area contributed by atoms with E-state index in [2.05, 4.69) is 10.5 Å². The Kier molecular flexibility index (Phi) is 4.02. The van der Waals surface area contributed by atoms with Crippen molar-refractivity contribution in [2.75, 3.05) is 5.43 Å². The molecule has 0 atom stereocenters.